The molecule has 0 aliphatic heterocycles. The second-order valence-electron chi connectivity index (χ2n) is 3.99. The van der Waals surface area contributed by atoms with Crippen molar-refractivity contribution in [2.45, 2.75) is 65.7 Å². The molecule has 0 aromatic carbocycles. The minimum atomic E-state index is 1.21. The number of unbranched alkanes of at least 4 members (excludes halogenated alkanes) is 5. The molecule has 0 rings (SSSR count). The zero-order valence-corrected chi connectivity index (χ0v) is 10.2. The molecule has 0 aliphatic carbocycles. The second kappa shape index (κ2) is 10.6. The Morgan fingerprint density at radius 1 is 0.929 bits per heavy atom. The van der Waals surface area contributed by atoms with Crippen LogP contribution < -0.4 is 0 Å². The Kier molecular flexibility index (Phi) is 10.2. The van der Waals surface area contributed by atoms with Gasteiger partial charge in [0, 0.05) is 0 Å². The molecule has 0 nitrogen and oxygen atoms in total. The topological polar surface area (TPSA) is 0 Å². The molecule has 0 bridgehead atoms. The molecule has 0 amide bonds. The number of rotatable bonds is 8. The van der Waals surface area contributed by atoms with Crippen LogP contribution in [-0.4, -0.2) is 0 Å². The SMILES string of the molecule is CCC/C=C(C)/C=C/CCCCCC. The van der Waals surface area contributed by atoms with Crippen LogP contribution in [0.4, 0.5) is 0 Å². The van der Waals surface area contributed by atoms with Gasteiger partial charge < -0.3 is 0 Å². The Morgan fingerprint density at radius 2 is 1.71 bits per heavy atom. The third-order valence-electron chi connectivity index (χ3n) is 2.36. The molecular formula is C14H26. The van der Waals surface area contributed by atoms with Gasteiger partial charge >= 0.3 is 0 Å². The predicted octanol–water partition coefficient (Wildman–Crippen LogP) is 5.26. The maximum Gasteiger partial charge on any atom is -0.0348 e. The number of allylic oxidation sites excluding steroid dienone is 4. The monoisotopic (exact) mass is 194 g/mol. The van der Waals surface area contributed by atoms with Gasteiger partial charge in [-0.3, -0.25) is 0 Å². The molecule has 0 aliphatic rings. The fourth-order valence-corrected chi connectivity index (χ4v) is 1.40. The summed E-state index contributed by atoms with van der Waals surface area (Å²) >= 11 is 0. The average molecular weight is 194 g/mol. The summed E-state index contributed by atoms with van der Waals surface area (Å²) in [4.78, 5) is 0. The van der Waals surface area contributed by atoms with Crippen LogP contribution in [0.1, 0.15) is 65.7 Å². The van der Waals surface area contributed by atoms with E-state index < -0.39 is 0 Å². The van der Waals surface area contributed by atoms with Crippen molar-refractivity contribution in [3.05, 3.63) is 23.8 Å². The minimum Gasteiger partial charge on any atom is -0.0843 e. The molecule has 0 heteroatoms. The van der Waals surface area contributed by atoms with Crippen LogP contribution in [0, 0.1) is 0 Å². The van der Waals surface area contributed by atoms with Crippen molar-refractivity contribution in [1.82, 2.24) is 0 Å². The Balaban J connectivity index is 3.41. The molecule has 14 heavy (non-hydrogen) atoms. The predicted molar refractivity (Wildman–Crippen MR) is 66.6 cm³/mol. The first-order valence-electron chi connectivity index (χ1n) is 6.14. The van der Waals surface area contributed by atoms with Crippen LogP contribution in [0.25, 0.3) is 0 Å². The fourth-order valence-electron chi connectivity index (χ4n) is 1.40. The van der Waals surface area contributed by atoms with Gasteiger partial charge in [-0.05, 0) is 26.2 Å². The normalized spacial score (nSPS) is 12.6. The highest BCUT2D eigenvalue weighted by atomic mass is 13.9. The summed E-state index contributed by atoms with van der Waals surface area (Å²) in [5, 5.41) is 0. The molecule has 0 saturated heterocycles. The summed E-state index contributed by atoms with van der Waals surface area (Å²) < 4.78 is 0. The molecule has 82 valence electrons. The van der Waals surface area contributed by atoms with Crippen LogP contribution in [0.2, 0.25) is 0 Å². The fraction of sp³-hybridized carbons (Fsp3) is 0.714. The van der Waals surface area contributed by atoms with Gasteiger partial charge in [-0.25, -0.2) is 0 Å². The summed E-state index contributed by atoms with van der Waals surface area (Å²) in [5.74, 6) is 0. The van der Waals surface area contributed by atoms with Crippen molar-refractivity contribution in [1.29, 1.82) is 0 Å². The van der Waals surface area contributed by atoms with Crippen LogP contribution in [0.3, 0.4) is 0 Å². The van der Waals surface area contributed by atoms with Crippen molar-refractivity contribution in [3.8, 4) is 0 Å². The van der Waals surface area contributed by atoms with E-state index in [1.54, 1.807) is 0 Å². The lowest BCUT2D eigenvalue weighted by Gasteiger charge is -1.95. The molecule has 0 saturated carbocycles. The first-order valence-corrected chi connectivity index (χ1v) is 6.14. The quantitative estimate of drug-likeness (QED) is 0.365. The Labute approximate surface area is 90.1 Å². The standard InChI is InChI=1S/C14H26/c1-4-6-8-9-10-11-13-14(3)12-7-5-2/h11-13H,4-10H2,1-3H3/b13-11+,14-12+. The first kappa shape index (κ1) is 13.5. The van der Waals surface area contributed by atoms with E-state index in [4.69, 9.17) is 0 Å². The van der Waals surface area contributed by atoms with Crippen molar-refractivity contribution in [2.24, 2.45) is 0 Å². The van der Waals surface area contributed by atoms with Gasteiger partial charge in [-0.15, -0.1) is 0 Å². The van der Waals surface area contributed by atoms with Crippen molar-refractivity contribution < 1.29 is 0 Å². The summed E-state index contributed by atoms with van der Waals surface area (Å²) in [7, 11) is 0. The summed E-state index contributed by atoms with van der Waals surface area (Å²) in [5.41, 5.74) is 1.42. The summed E-state index contributed by atoms with van der Waals surface area (Å²) in [6, 6.07) is 0. The van der Waals surface area contributed by atoms with Gasteiger partial charge in [0.2, 0.25) is 0 Å². The molecule has 0 spiro atoms. The lowest BCUT2D eigenvalue weighted by molar-refractivity contribution is 0.674. The lowest BCUT2D eigenvalue weighted by Crippen LogP contribution is -1.74. The molecular weight excluding hydrogens is 168 g/mol. The Bertz CT molecular complexity index is 163. The lowest BCUT2D eigenvalue weighted by atomic mass is 10.1. The average Bonchev–Trinajstić information content (AvgIpc) is 2.20. The van der Waals surface area contributed by atoms with E-state index >= 15 is 0 Å². The van der Waals surface area contributed by atoms with Crippen LogP contribution in [0.15, 0.2) is 23.8 Å². The van der Waals surface area contributed by atoms with Gasteiger partial charge in [0.15, 0.2) is 0 Å². The van der Waals surface area contributed by atoms with E-state index in [0.29, 0.717) is 0 Å². The third-order valence-corrected chi connectivity index (χ3v) is 2.36. The molecule has 0 aromatic rings. The maximum absolute atomic E-state index is 2.32. The van der Waals surface area contributed by atoms with E-state index in [2.05, 4.69) is 39.0 Å². The van der Waals surface area contributed by atoms with E-state index in [1.807, 2.05) is 0 Å². The van der Waals surface area contributed by atoms with E-state index in [-0.39, 0.29) is 0 Å². The van der Waals surface area contributed by atoms with Gasteiger partial charge in [0.1, 0.15) is 0 Å². The smallest absolute Gasteiger partial charge is 0.0348 e. The number of hydrogen-bond donors (Lipinski definition) is 0. The molecule has 0 atom stereocenters. The molecule has 0 aromatic heterocycles. The van der Waals surface area contributed by atoms with Gasteiger partial charge in [-0.2, -0.15) is 0 Å². The highest BCUT2D eigenvalue weighted by Crippen LogP contribution is 2.05. The van der Waals surface area contributed by atoms with Gasteiger partial charge in [-0.1, -0.05) is 63.3 Å². The first-order chi connectivity index (χ1) is 6.81. The molecule has 0 radical (unpaired) electrons. The highest BCUT2D eigenvalue weighted by Gasteiger charge is 1.85. The molecule has 0 N–H and O–H groups in total. The zero-order valence-electron chi connectivity index (χ0n) is 10.2. The summed E-state index contributed by atoms with van der Waals surface area (Å²) in [6.07, 6.45) is 16.1. The van der Waals surface area contributed by atoms with Gasteiger partial charge in [0.25, 0.3) is 0 Å². The molecule has 0 heterocycles. The van der Waals surface area contributed by atoms with E-state index in [1.165, 1.54) is 50.5 Å². The Hall–Kier alpha value is -0.520. The molecule has 0 unspecified atom stereocenters. The number of hydrogen-bond acceptors (Lipinski definition) is 0. The summed E-state index contributed by atoms with van der Waals surface area (Å²) in [6.45, 7) is 6.67. The largest absolute Gasteiger partial charge is 0.0843 e. The zero-order chi connectivity index (χ0) is 10.6. The van der Waals surface area contributed by atoms with Gasteiger partial charge in [0.05, 0.1) is 0 Å². The van der Waals surface area contributed by atoms with E-state index in [0.717, 1.165) is 0 Å². The van der Waals surface area contributed by atoms with Crippen molar-refractivity contribution in [3.63, 3.8) is 0 Å². The van der Waals surface area contributed by atoms with Crippen molar-refractivity contribution in [2.75, 3.05) is 0 Å². The highest BCUT2D eigenvalue weighted by molar-refractivity contribution is 5.15. The second-order valence-corrected chi connectivity index (χ2v) is 3.99. The minimum absolute atomic E-state index is 1.21. The van der Waals surface area contributed by atoms with Crippen LogP contribution >= 0.6 is 0 Å². The third kappa shape index (κ3) is 9.57. The van der Waals surface area contributed by atoms with E-state index in [9.17, 15) is 0 Å². The Morgan fingerprint density at radius 3 is 2.36 bits per heavy atom. The maximum atomic E-state index is 2.32. The van der Waals surface area contributed by atoms with Crippen molar-refractivity contribution >= 4 is 0 Å². The van der Waals surface area contributed by atoms with Crippen LogP contribution in [-0.2, 0) is 0 Å². The van der Waals surface area contributed by atoms with Crippen LogP contribution in [0.5, 0.6) is 0 Å². The molecule has 0 fully saturated rings.